The molecule has 3 aromatic carbocycles. The molecule has 0 fully saturated rings. The molecule has 0 radical (unpaired) electrons. The summed E-state index contributed by atoms with van der Waals surface area (Å²) in [5.41, 5.74) is 3.68. The molecule has 0 bridgehead atoms. The fraction of sp³-hybridized carbons (Fsp3) is 0.353. The minimum absolute atomic E-state index is 0.00240. The second-order valence-electron chi connectivity index (χ2n) is 11.6. The molecule has 2 N–H and O–H groups in total. The van der Waals surface area contributed by atoms with E-state index >= 15 is 0 Å². The van der Waals surface area contributed by atoms with Gasteiger partial charge in [-0.2, -0.15) is 4.90 Å². The summed E-state index contributed by atoms with van der Waals surface area (Å²) in [4.78, 5) is 51.6. The summed E-state index contributed by atoms with van der Waals surface area (Å²) in [6.45, 7) is 4.94. The molecule has 0 heterocycles. The third-order valence-electron chi connectivity index (χ3n) is 7.21. The first-order chi connectivity index (χ1) is 21.5. The average molecular weight is 637 g/mol. The first-order valence-corrected chi connectivity index (χ1v) is 15.1. The van der Waals surface area contributed by atoms with Crippen LogP contribution in [0.3, 0.4) is 0 Å². The number of imide groups is 1. The number of hydrogen-bond donors (Lipinski definition) is 2. The van der Waals surface area contributed by atoms with Gasteiger partial charge in [-0.1, -0.05) is 78.3 Å². The molecule has 0 saturated heterocycles. The molecule has 1 aliphatic carbocycles. The van der Waals surface area contributed by atoms with E-state index in [1.165, 1.54) is 0 Å². The molecule has 0 aliphatic heterocycles. The summed E-state index contributed by atoms with van der Waals surface area (Å²) in [6, 6.07) is 21.0. The van der Waals surface area contributed by atoms with Gasteiger partial charge in [-0.3, -0.25) is 0 Å². The number of carbonyl (C=O) groups is 4. The lowest BCUT2D eigenvalue weighted by Gasteiger charge is -2.30. The van der Waals surface area contributed by atoms with Gasteiger partial charge < -0.3 is 24.6 Å². The Labute approximate surface area is 267 Å². The second kappa shape index (κ2) is 14.9. The smallest absolute Gasteiger partial charge is 0.420 e. The van der Waals surface area contributed by atoms with Gasteiger partial charge in [0.05, 0.1) is 0 Å². The number of unbranched alkanes of at least 4 members (excludes halogenated alkanes) is 1. The highest BCUT2D eigenvalue weighted by Gasteiger charge is 2.39. The number of aliphatic carboxylic acids is 1. The normalized spacial score (nSPS) is 12.8. The minimum atomic E-state index is -1.55. The van der Waals surface area contributed by atoms with Gasteiger partial charge in [0.1, 0.15) is 24.9 Å². The van der Waals surface area contributed by atoms with Crippen LogP contribution in [0.5, 0.6) is 0 Å². The number of amides is 3. The second-order valence-corrected chi connectivity index (χ2v) is 12.0. The summed E-state index contributed by atoms with van der Waals surface area (Å²) in [5.74, 6) is -1.67. The van der Waals surface area contributed by atoms with Crippen LogP contribution in [0, 0.1) is 0 Å². The maximum Gasteiger partial charge on any atom is 0.420 e. The van der Waals surface area contributed by atoms with Crippen LogP contribution in [-0.2, 0) is 25.6 Å². The quantitative estimate of drug-likeness (QED) is 0.165. The lowest BCUT2D eigenvalue weighted by Crippen LogP contribution is -2.50. The molecule has 11 heteroatoms. The molecule has 3 amide bonds. The van der Waals surface area contributed by atoms with E-state index in [2.05, 4.69) is 5.32 Å². The van der Waals surface area contributed by atoms with E-state index in [1.807, 2.05) is 48.5 Å². The Kier molecular flexibility index (Phi) is 11.1. The fourth-order valence-corrected chi connectivity index (χ4v) is 5.32. The van der Waals surface area contributed by atoms with E-state index in [-0.39, 0.29) is 38.5 Å². The van der Waals surface area contributed by atoms with Crippen molar-refractivity contribution >= 4 is 35.8 Å². The number of carboxylic acid groups (broad SMARTS) is 1. The van der Waals surface area contributed by atoms with Crippen molar-refractivity contribution in [2.24, 2.45) is 0 Å². The monoisotopic (exact) mass is 636 g/mol. The molecular formula is C34H37ClN2O8. The molecule has 1 atom stereocenters. The van der Waals surface area contributed by atoms with Crippen molar-refractivity contribution in [3.63, 3.8) is 0 Å². The van der Waals surface area contributed by atoms with Gasteiger partial charge in [-0.15, -0.1) is 0 Å². The van der Waals surface area contributed by atoms with E-state index in [0.717, 1.165) is 22.3 Å². The SMILES string of the molecule is CC(C)(C)OC(=O)N(C(=O)OCC1c2ccccc2-c2ccccc21)[C@H](CCCCNC(=O)OCc1ccccc1Cl)C(=O)O. The molecule has 0 aromatic heterocycles. The average Bonchev–Trinajstić information content (AvgIpc) is 3.31. The van der Waals surface area contributed by atoms with Crippen LogP contribution in [-0.4, -0.2) is 59.0 Å². The Morgan fingerprint density at radius 1 is 0.867 bits per heavy atom. The van der Waals surface area contributed by atoms with Crippen molar-refractivity contribution in [3.05, 3.63) is 94.5 Å². The Morgan fingerprint density at radius 2 is 1.47 bits per heavy atom. The largest absolute Gasteiger partial charge is 0.480 e. The molecule has 10 nitrogen and oxygen atoms in total. The predicted octanol–water partition coefficient (Wildman–Crippen LogP) is 7.38. The summed E-state index contributed by atoms with van der Waals surface area (Å²) in [6.07, 6.45) is -2.35. The lowest BCUT2D eigenvalue weighted by atomic mass is 9.98. The molecule has 0 spiro atoms. The molecule has 3 aromatic rings. The standard InChI is InChI=1S/C34H37ClN2O8/c1-34(2,3)45-33(42)37(32(41)44-21-27-25-15-7-5-13-23(25)24-14-6-8-16-26(24)27)29(30(38)39)18-10-11-19-36-31(40)43-20-22-12-4-9-17-28(22)35/h4-9,12-17,27,29H,10-11,18-21H2,1-3H3,(H,36,40)(H,38,39)/t29-/m1/s1. The highest BCUT2D eigenvalue weighted by molar-refractivity contribution is 6.31. The van der Waals surface area contributed by atoms with Gasteiger partial charge >= 0.3 is 24.2 Å². The van der Waals surface area contributed by atoms with Crippen LogP contribution in [0.25, 0.3) is 11.1 Å². The number of fused-ring (bicyclic) bond motifs is 3. The molecule has 45 heavy (non-hydrogen) atoms. The number of halogens is 1. The van der Waals surface area contributed by atoms with Crippen LogP contribution in [0.2, 0.25) is 5.02 Å². The van der Waals surface area contributed by atoms with Crippen molar-refractivity contribution in [3.8, 4) is 11.1 Å². The fourth-order valence-electron chi connectivity index (χ4n) is 5.13. The highest BCUT2D eigenvalue weighted by atomic mass is 35.5. The van der Waals surface area contributed by atoms with Crippen molar-refractivity contribution in [1.82, 2.24) is 10.2 Å². The van der Waals surface area contributed by atoms with E-state index in [9.17, 15) is 24.3 Å². The molecule has 0 saturated carbocycles. The number of carboxylic acids is 1. The molecule has 0 unspecified atom stereocenters. The van der Waals surface area contributed by atoms with Gasteiger partial charge in [0.15, 0.2) is 0 Å². The van der Waals surface area contributed by atoms with Gasteiger partial charge in [-0.25, -0.2) is 19.2 Å². The summed E-state index contributed by atoms with van der Waals surface area (Å²) >= 11 is 6.08. The molecule has 1 aliphatic rings. The Morgan fingerprint density at radius 3 is 2.07 bits per heavy atom. The third-order valence-corrected chi connectivity index (χ3v) is 7.58. The Balaban J connectivity index is 1.37. The molecule has 4 rings (SSSR count). The molecule has 238 valence electrons. The number of alkyl carbamates (subject to hydrolysis) is 1. The zero-order chi connectivity index (χ0) is 32.6. The van der Waals surface area contributed by atoms with Gasteiger partial charge in [-0.05, 0) is 68.4 Å². The zero-order valence-corrected chi connectivity index (χ0v) is 26.2. The minimum Gasteiger partial charge on any atom is -0.480 e. The number of rotatable bonds is 11. The highest BCUT2D eigenvalue weighted by Crippen LogP contribution is 2.44. The Hall–Kier alpha value is -4.57. The zero-order valence-electron chi connectivity index (χ0n) is 25.5. The number of benzene rings is 3. The summed E-state index contributed by atoms with van der Waals surface area (Å²) in [7, 11) is 0. The maximum atomic E-state index is 13.4. The van der Waals surface area contributed by atoms with E-state index in [4.69, 9.17) is 25.8 Å². The van der Waals surface area contributed by atoms with E-state index in [1.54, 1.807) is 45.0 Å². The van der Waals surface area contributed by atoms with E-state index < -0.39 is 35.9 Å². The van der Waals surface area contributed by atoms with Crippen molar-refractivity contribution in [2.45, 2.75) is 64.2 Å². The number of ether oxygens (including phenoxy) is 3. The van der Waals surface area contributed by atoms with Crippen LogP contribution in [0.15, 0.2) is 72.8 Å². The van der Waals surface area contributed by atoms with Crippen molar-refractivity contribution < 1.29 is 38.5 Å². The number of nitrogens with one attached hydrogen (secondary N) is 1. The first kappa shape index (κ1) is 33.3. The van der Waals surface area contributed by atoms with Crippen LogP contribution in [0.1, 0.15) is 62.6 Å². The first-order valence-electron chi connectivity index (χ1n) is 14.7. The number of hydrogen-bond acceptors (Lipinski definition) is 7. The topological polar surface area (TPSA) is 131 Å². The number of carbonyl (C=O) groups excluding carboxylic acids is 3. The summed E-state index contributed by atoms with van der Waals surface area (Å²) in [5, 5.41) is 13.2. The lowest BCUT2D eigenvalue weighted by molar-refractivity contribution is -0.143. The van der Waals surface area contributed by atoms with Crippen molar-refractivity contribution in [2.75, 3.05) is 13.2 Å². The van der Waals surface area contributed by atoms with Crippen LogP contribution < -0.4 is 5.32 Å². The predicted molar refractivity (Wildman–Crippen MR) is 168 cm³/mol. The van der Waals surface area contributed by atoms with Gasteiger partial charge in [0, 0.05) is 23.0 Å². The van der Waals surface area contributed by atoms with Crippen LogP contribution >= 0.6 is 11.6 Å². The van der Waals surface area contributed by atoms with E-state index in [0.29, 0.717) is 21.9 Å². The molecular weight excluding hydrogens is 600 g/mol. The van der Waals surface area contributed by atoms with Crippen LogP contribution in [0.4, 0.5) is 14.4 Å². The number of nitrogens with zero attached hydrogens (tertiary/aromatic N) is 1. The van der Waals surface area contributed by atoms with Gasteiger partial charge in [0.25, 0.3) is 0 Å². The third kappa shape index (κ3) is 8.76. The Bertz CT molecular complexity index is 1490. The van der Waals surface area contributed by atoms with Gasteiger partial charge in [0.2, 0.25) is 0 Å². The summed E-state index contributed by atoms with van der Waals surface area (Å²) < 4.78 is 16.2. The maximum absolute atomic E-state index is 13.4. The van der Waals surface area contributed by atoms with Crippen molar-refractivity contribution in [1.29, 1.82) is 0 Å².